The molecule has 3 N–H and O–H groups in total. The number of pyridine rings is 1. The number of imidazole rings is 1. The number of aromatic amines is 1. The quantitative estimate of drug-likeness (QED) is 0.496. The minimum atomic E-state index is -0.751. The van der Waals surface area contributed by atoms with Crippen molar-refractivity contribution in [3.8, 4) is 17.3 Å². The van der Waals surface area contributed by atoms with Gasteiger partial charge in [-0.1, -0.05) is 23.7 Å². The van der Waals surface area contributed by atoms with Gasteiger partial charge in [0.2, 0.25) is 0 Å². The molecule has 10 nitrogen and oxygen atoms in total. The zero-order chi connectivity index (χ0) is 23.4. The third-order valence-electron chi connectivity index (χ3n) is 6.69. The van der Waals surface area contributed by atoms with Crippen molar-refractivity contribution in [3.05, 3.63) is 35.4 Å². The van der Waals surface area contributed by atoms with Gasteiger partial charge in [0.15, 0.2) is 11.8 Å². The second-order valence-electron chi connectivity index (χ2n) is 8.87. The van der Waals surface area contributed by atoms with Crippen molar-refractivity contribution in [2.75, 3.05) is 31.2 Å². The Kier molecular flexibility index (Phi) is 5.33. The Morgan fingerprint density at radius 2 is 1.97 bits per heavy atom. The first-order valence-corrected chi connectivity index (χ1v) is 11.6. The Balaban J connectivity index is 1.20. The highest BCUT2D eigenvalue weighted by molar-refractivity contribution is 6.33. The summed E-state index contributed by atoms with van der Waals surface area (Å²) in [5.74, 6) is -1.08. The van der Waals surface area contributed by atoms with E-state index < -0.39 is 12.1 Å². The van der Waals surface area contributed by atoms with E-state index >= 15 is 0 Å². The molecule has 0 amide bonds. The smallest absolute Gasteiger partial charge is 0.308 e. The number of nitrogens with zero attached hydrogens (tertiary/aromatic N) is 3. The van der Waals surface area contributed by atoms with E-state index in [4.69, 9.17) is 25.8 Å². The van der Waals surface area contributed by atoms with Crippen LogP contribution in [0.15, 0.2) is 30.3 Å². The van der Waals surface area contributed by atoms with Crippen LogP contribution in [0, 0.1) is 5.92 Å². The van der Waals surface area contributed by atoms with Crippen LogP contribution in [0.5, 0.6) is 6.01 Å². The van der Waals surface area contributed by atoms with Crippen LogP contribution >= 0.6 is 11.6 Å². The standard InChI is InChI=1S/C23H23ClN4O6/c24-14-7-15-21(27-23(25-15)34-17-10-33-19-16(29)9-32-20(17)19)26-18(14)11-1-3-13(4-2-11)28-6-5-12(8-28)22(30)31/h1-4,7,12,16-17,19-20,29H,5-6,8-10H2,(H,30,31)(H,25,26,27)/t12-,16+,17+,19+,20+/m0/s1. The number of hydrogen-bond acceptors (Lipinski definition) is 8. The number of H-pyrrole nitrogens is 1. The summed E-state index contributed by atoms with van der Waals surface area (Å²) in [6, 6.07) is 9.79. The van der Waals surface area contributed by atoms with Gasteiger partial charge in [-0.05, 0) is 24.6 Å². The van der Waals surface area contributed by atoms with Gasteiger partial charge in [0, 0.05) is 24.3 Å². The number of carboxylic acids is 1. The molecule has 11 heteroatoms. The van der Waals surface area contributed by atoms with Crippen LogP contribution in [0.4, 0.5) is 5.69 Å². The maximum absolute atomic E-state index is 11.2. The summed E-state index contributed by atoms with van der Waals surface area (Å²) in [6.45, 7) is 1.76. The molecule has 0 radical (unpaired) electrons. The number of benzene rings is 1. The Labute approximate surface area is 199 Å². The van der Waals surface area contributed by atoms with Gasteiger partial charge in [-0.2, -0.15) is 4.98 Å². The fourth-order valence-corrected chi connectivity index (χ4v) is 5.13. The highest BCUT2D eigenvalue weighted by Gasteiger charge is 2.48. The molecule has 178 valence electrons. The van der Waals surface area contributed by atoms with Gasteiger partial charge in [0.25, 0.3) is 6.01 Å². The van der Waals surface area contributed by atoms with Crippen LogP contribution in [0.1, 0.15) is 6.42 Å². The van der Waals surface area contributed by atoms with Gasteiger partial charge in [-0.3, -0.25) is 4.79 Å². The van der Waals surface area contributed by atoms with E-state index in [-0.39, 0.29) is 36.8 Å². The van der Waals surface area contributed by atoms with Crippen LogP contribution in [0.3, 0.4) is 0 Å². The molecule has 0 unspecified atom stereocenters. The van der Waals surface area contributed by atoms with Gasteiger partial charge >= 0.3 is 5.97 Å². The molecule has 6 rings (SSSR count). The monoisotopic (exact) mass is 486 g/mol. The number of aliphatic carboxylic acids is 1. The van der Waals surface area contributed by atoms with Gasteiger partial charge in [-0.25, -0.2) is 4.98 Å². The fraction of sp³-hybridized carbons (Fsp3) is 0.435. The van der Waals surface area contributed by atoms with E-state index in [1.165, 1.54) is 0 Å². The zero-order valence-electron chi connectivity index (χ0n) is 18.1. The summed E-state index contributed by atoms with van der Waals surface area (Å²) in [4.78, 5) is 25.5. The van der Waals surface area contributed by atoms with Crippen LogP contribution in [0.2, 0.25) is 5.02 Å². The van der Waals surface area contributed by atoms with Crippen LogP contribution in [-0.2, 0) is 14.3 Å². The zero-order valence-corrected chi connectivity index (χ0v) is 18.8. The van der Waals surface area contributed by atoms with E-state index in [1.807, 2.05) is 24.3 Å². The summed E-state index contributed by atoms with van der Waals surface area (Å²) >= 11 is 6.53. The molecule has 0 saturated carbocycles. The summed E-state index contributed by atoms with van der Waals surface area (Å²) in [5, 5.41) is 19.6. The fourth-order valence-electron chi connectivity index (χ4n) is 4.87. The van der Waals surface area contributed by atoms with Crippen molar-refractivity contribution in [2.45, 2.75) is 30.8 Å². The van der Waals surface area contributed by atoms with Crippen molar-refractivity contribution in [3.63, 3.8) is 0 Å². The molecular formula is C23H23ClN4O6. The number of aliphatic hydroxyl groups excluding tert-OH is 1. The maximum atomic E-state index is 11.2. The van der Waals surface area contributed by atoms with Gasteiger partial charge < -0.3 is 34.3 Å². The SMILES string of the molecule is O=C(O)[C@H]1CCN(c2ccc(-c3nc4nc(O[C@@H]5CO[C@H]6[C@@H]5OC[C@H]6O)[nH]c4cc3Cl)cc2)C1. The van der Waals surface area contributed by atoms with Crippen LogP contribution in [-0.4, -0.2) is 81.9 Å². The molecule has 0 spiro atoms. The molecule has 3 fully saturated rings. The van der Waals surface area contributed by atoms with E-state index in [0.29, 0.717) is 41.5 Å². The lowest BCUT2D eigenvalue weighted by Gasteiger charge is -2.18. The van der Waals surface area contributed by atoms with E-state index in [2.05, 4.69) is 19.9 Å². The van der Waals surface area contributed by atoms with Gasteiger partial charge in [-0.15, -0.1) is 0 Å². The number of fused-ring (bicyclic) bond motifs is 2. The molecule has 0 bridgehead atoms. The largest absolute Gasteiger partial charge is 0.481 e. The predicted octanol–water partition coefficient (Wildman–Crippen LogP) is 2.10. The predicted molar refractivity (Wildman–Crippen MR) is 122 cm³/mol. The second-order valence-corrected chi connectivity index (χ2v) is 9.28. The summed E-state index contributed by atoms with van der Waals surface area (Å²) in [5.41, 5.74) is 3.49. The van der Waals surface area contributed by atoms with E-state index in [9.17, 15) is 15.0 Å². The van der Waals surface area contributed by atoms with E-state index in [0.717, 1.165) is 17.8 Å². The molecule has 3 aliphatic rings. The Hall–Kier alpha value is -2.92. The Morgan fingerprint density at radius 1 is 1.18 bits per heavy atom. The molecular weight excluding hydrogens is 464 g/mol. The Bertz CT molecular complexity index is 1230. The lowest BCUT2D eigenvalue weighted by molar-refractivity contribution is -0.140. The third kappa shape index (κ3) is 3.76. The summed E-state index contributed by atoms with van der Waals surface area (Å²) in [7, 11) is 0. The summed E-state index contributed by atoms with van der Waals surface area (Å²) in [6.07, 6.45) is -1.10. The number of aromatic nitrogens is 3. The lowest BCUT2D eigenvalue weighted by atomic mass is 10.1. The number of carbonyl (C=O) groups is 1. The second kappa shape index (κ2) is 8.38. The number of aliphatic hydroxyl groups is 1. The number of nitrogens with one attached hydrogen (secondary N) is 1. The highest BCUT2D eigenvalue weighted by Crippen LogP contribution is 2.33. The summed E-state index contributed by atoms with van der Waals surface area (Å²) < 4.78 is 17.1. The first-order chi connectivity index (χ1) is 16.5. The van der Waals surface area contributed by atoms with Crippen molar-refractivity contribution < 1.29 is 29.2 Å². The van der Waals surface area contributed by atoms with Gasteiger partial charge in [0.1, 0.15) is 18.3 Å². The molecule has 5 atom stereocenters. The molecule has 0 aliphatic carbocycles. The minimum Gasteiger partial charge on any atom is -0.481 e. The minimum absolute atomic E-state index is 0.229. The normalized spacial score (nSPS) is 28.5. The Morgan fingerprint density at radius 3 is 2.74 bits per heavy atom. The number of anilines is 1. The van der Waals surface area contributed by atoms with Crippen molar-refractivity contribution in [1.29, 1.82) is 0 Å². The first kappa shape index (κ1) is 21.6. The molecule has 3 aliphatic heterocycles. The number of halogens is 1. The van der Waals surface area contributed by atoms with Crippen LogP contribution < -0.4 is 9.64 Å². The van der Waals surface area contributed by atoms with Crippen molar-refractivity contribution >= 4 is 34.4 Å². The average Bonchev–Trinajstić information content (AvgIpc) is 3.60. The molecule has 34 heavy (non-hydrogen) atoms. The van der Waals surface area contributed by atoms with Gasteiger partial charge in [0.05, 0.1) is 35.4 Å². The molecule has 5 heterocycles. The number of carboxylic acid groups (broad SMARTS) is 1. The number of hydrogen-bond donors (Lipinski definition) is 3. The lowest BCUT2D eigenvalue weighted by Crippen LogP contribution is -2.34. The number of rotatable bonds is 5. The molecule has 3 saturated heterocycles. The molecule has 2 aromatic heterocycles. The number of ether oxygens (including phenoxy) is 3. The van der Waals surface area contributed by atoms with Crippen LogP contribution in [0.25, 0.3) is 22.4 Å². The highest BCUT2D eigenvalue weighted by atomic mass is 35.5. The first-order valence-electron chi connectivity index (χ1n) is 11.2. The molecule has 3 aromatic rings. The van der Waals surface area contributed by atoms with E-state index in [1.54, 1.807) is 6.07 Å². The third-order valence-corrected chi connectivity index (χ3v) is 6.98. The topological polar surface area (TPSA) is 130 Å². The average molecular weight is 487 g/mol. The molecule has 1 aromatic carbocycles. The van der Waals surface area contributed by atoms with Crippen molar-refractivity contribution in [1.82, 2.24) is 15.0 Å². The maximum Gasteiger partial charge on any atom is 0.308 e. The van der Waals surface area contributed by atoms with Crippen molar-refractivity contribution in [2.24, 2.45) is 5.92 Å².